The van der Waals surface area contributed by atoms with Crippen LogP contribution in [0.5, 0.6) is 0 Å². The molecule has 0 bridgehead atoms. The first-order chi connectivity index (χ1) is 9.84. The van der Waals surface area contributed by atoms with Gasteiger partial charge in [0.05, 0.1) is 5.56 Å². The monoisotopic (exact) mass is 305 g/mol. The topological polar surface area (TPSA) is 71.3 Å². The molecule has 2 N–H and O–H groups in total. The summed E-state index contributed by atoms with van der Waals surface area (Å²) in [5.74, 6) is 0. The maximum atomic E-state index is 12.7. The Balaban J connectivity index is 2.30. The fourth-order valence-corrected chi connectivity index (χ4v) is 1.91. The number of aliphatic hydroxyl groups is 2. The van der Waals surface area contributed by atoms with Gasteiger partial charge in [-0.15, -0.1) is 0 Å². The maximum absolute atomic E-state index is 12.7. The fraction of sp³-hybridized carbons (Fsp3) is 0.462. The minimum atomic E-state index is -4.51. The third-order valence-corrected chi connectivity index (χ3v) is 2.95. The van der Waals surface area contributed by atoms with Gasteiger partial charge in [0.25, 0.3) is 6.29 Å². The van der Waals surface area contributed by atoms with Crippen molar-refractivity contribution in [2.24, 2.45) is 5.16 Å². The van der Waals surface area contributed by atoms with Crippen molar-refractivity contribution in [2.45, 2.75) is 31.6 Å². The van der Waals surface area contributed by atoms with Crippen molar-refractivity contribution in [3.8, 4) is 0 Å². The molecule has 0 radical (unpaired) electrons. The lowest BCUT2D eigenvalue weighted by atomic mass is 9.98. The lowest BCUT2D eigenvalue weighted by molar-refractivity contribution is -0.215. The van der Waals surface area contributed by atoms with Crippen LogP contribution in [-0.2, 0) is 15.8 Å². The van der Waals surface area contributed by atoms with E-state index in [0.29, 0.717) is 0 Å². The smallest absolute Gasteiger partial charge is 0.384 e. The van der Waals surface area contributed by atoms with Gasteiger partial charge >= 0.3 is 6.18 Å². The first kappa shape index (κ1) is 15.7. The molecule has 21 heavy (non-hydrogen) atoms. The van der Waals surface area contributed by atoms with Crippen molar-refractivity contribution in [3.05, 3.63) is 35.4 Å². The van der Waals surface area contributed by atoms with E-state index >= 15 is 0 Å². The van der Waals surface area contributed by atoms with Crippen molar-refractivity contribution in [3.63, 3.8) is 0 Å². The summed E-state index contributed by atoms with van der Waals surface area (Å²) in [5, 5.41) is 23.4. The Hall–Kier alpha value is -1.64. The summed E-state index contributed by atoms with van der Waals surface area (Å²) in [6, 6.07) is 4.27. The van der Waals surface area contributed by atoms with E-state index in [1.165, 1.54) is 12.1 Å². The molecule has 8 heteroatoms. The number of ether oxygens (including phenoxy) is 1. The standard InChI is InChI=1S/C13H14F3NO4/c1-2-20-12-11(19)10(18)9(17-21-12)7-4-3-5-8(6-7)13(14,15)16/h3-6,10-12,18-19H,2H2,1H3/t10-,11-,12-/m1/s1. The average Bonchev–Trinajstić information content (AvgIpc) is 2.43. The van der Waals surface area contributed by atoms with E-state index in [0.717, 1.165) is 12.1 Å². The quantitative estimate of drug-likeness (QED) is 0.888. The maximum Gasteiger partial charge on any atom is 0.416 e. The van der Waals surface area contributed by atoms with Gasteiger partial charge in [-0.2, -0.15) is 13.2 Å². The predicted molar refractivity (Wildman–Crippen MR) is 66.5 cm³/mol. The van der Waals surface area contributed by atoms with Gasteiger partial charge in [0, 0.05) is 12.2 Å². The molecule has 1 aliphatic heterocycles. The zero-order chi connectivity index (χ0) is 15.6. The molecule has 0 aliphatic carbocycles. The summed E-state index contributed by atoms with van der Waals surface area (Å²) in [4.78, 5) is 4.87. The van der Waals surface area contributed by atoms with E-state index in [4.69, 9.17) is 9.57 Å². The van der Waals surface area contributed by atoms with Gasteiger partial charge in [0.2, 0.25) is 0 Å². The molecular weight excluding hydrogens is 291 g/mol. The second-order valence-corrected chi connectivity index (χ2v) is 4.42. The highest BCUT2D eigenvalue weighted by atomic mass is 19.4. The Bertz CT molecular complexity index is 532. The Morgan fingerprint density at radius 2 is 2.05 bits per heavy atom. The molecular formula is C13H14F3NO4. The molecule has 1 aliphatic rings. The largest absolute Gasteiger partial charge is 0.416 e. The van der Waals surface area contributed by atoms with Crippen molar-refractivity contribution >= 4 is 5.71 Å². The van der Waals surface area contributed by atoms with Crippen LogP contribution < -0.4 is 0 Å². The summed E-state index contributed by atoms with van der Waals surface area (Å²) >= 11 is 0. The van der Waals surface area contributed by atoms with Crippen LogP contribution >= 0.6 is 0 Å². The van der Waals surface area contributed by atoms with Crippen LogP contribution in [-0.4, -0.2) is 41.0 Å². The average molecular weight is 305 g/mol. The van der Waals surface area contributed by atoms with Gasteiger partial charge < -0.3 is 19.8 Å². The SMILES string of the molecule is CCO[C@@H]1ON=C(c2cccc(C(F)(F)F)c2)[C@@H](O)[C@H]1O. The normalized spacial score (nSPS) is 26.2. The van der Waals surface area contributed by atoms with Crippen molar-refractivity contribution in [1.82, 2.24) is 0 Å². The molecule has 0 saturated heterocycles. The molecule has 3 atom stereocenters. The highest BCUT2D eigenvalue weighted by molar-refractivity contribution is 6.04. The second-order valence-electron chi connectivity index (χ2n) is 4.42. The van der Waals surface area contributed by atoms with E-state index in [1.807, 2.05) is 0 Å². The van der Waals surface area contributed by atoms with Gasteiger partial charge in [-0.3, -0.25) is 0 Å². The van der Waals surface area contributed by atoms with Crippen LogP contribution in [0.25, 0.3) is 0 Å². The number of alkyl halides is 3. The van der Waals surface area contributed by atoms with E-state index < -0.39 is 30.2 Å². The van der Waals surface area contributed by atoms with Gasteiger partial charge in [-0.25, -0.2) is 0 Å². The second kappa shape index (κ2) is 6.00. The van der Waals surface area contributed by atoms with Crippen molar-refractivity contribution in [2.75, 3.05) is 6.61 Å². The minimum Gasteiger partial charge on any atom is -0.384 e. The molecule has 116 valence electrons. The van der Waals surface area contributed by atoms with Crippen molar-refractivity contribution < 1.29 is 33.0 Å². The summed E-state index contributed by atoms with van der Waals surface area (Å²) < 4.78 is 43.0. The number of nitrogens with zero attached hydrogens (tertiary/aromatic N) is 1. The van der Waals surface area contributed by atoms with Crippen LogP contribution in [0.4, 0.5) is 13.2 Å². The summed E-state index contributed by atoms with van der Waals surface area (Å²) in [7, 11) is 0. The van der Waals surface area contributed by atoms with E-state index in [2.05, 4.69) is 5.16 Å². The number of hydrogen-bond donors (Lipinski definition) is 2. The third kappa shape index (κ3) is 3.34. The van der Waals surface area contributed by atoms with Crippen LogP contribution in [0.1, 0.15) is 18.1 Å². The van der Waals surface area contributed by atoms with Crippen LogP contribution in [0.3, 0.4) is 0 Å². The Labute approximate surface area is 118 Å². The zero-order valence-electron chi connectivity index (χ0n) is 11.0. The Morgan fingerprint density at radius 3 is 2.67 bits per heavy atom. The van der Waals surface area contributed by atoms with Crippen LogP contribution in [0.2, 0.25) is 0 Å². The van der Waals surface area contributed by atoms with E-state index in [-0.39, 0.29) is 17.9 Å². The van der Waals surface area contributed by atoms with Gasteiger partial charge in [-0.05, 0) is 19.1 Å². The molecule has 0 amide bonds. The highest BCUT2D eigenvalue weighted by Crippen LogP contribution is 2.30. The number of aliphatic hydroxyl groups excluding tert-OH is 2. The molecule has 2 rings (SSSR count). The number of oxime groups is 1. The fourth-order valence-electron chi connectivity index (χ4n) is 1.91. The summed E-state index contributed by atoms with van der Waals surface area (Å²) in [5.41, 5.74) is -1.04. The van der Waals surface area contributed by atoms with Gasteiger partial charge in [-0.1, -0.05) is 17.3 Å². The number of halogens is 3. The highest BCUT2D eigenvalue weighted by Gasteiger charge is 2.38. The molecule has 0 spiro atoms. The predicted octanol–water partition coefficient (Wildman–Crippen LogP) is 1.52. The molecule has 0 unspecified atom stereocenters. The summed E-state index contributed by atoms with van der Waals surface area (Å²) in [6.07, 6.45) is -8.60. The first-order valence-corrected chi connectivity index (χ1v) is 6.23. The lowest BCUT2D eigenvalue weighted by Gasteiger charge is -2.30. The first-order valence-electron chi connectivity index (χ1n) is 6.23. The number of hydrogen-bond acceptors (Lipinski definition) is 5. The van der Waals surface area contributed by atoms with Gasteiger partial charge in [0.15, 0.2) is 6.10 Å². The molecule has 5 nitrogen and oxygen atoms in total. The molecule has 0 fully saturated rings. The Morgan fingerprint density at radius 1 is 1.33 bits per heavy atom. The van der Waals surface area contributed by atoms with Crippen molar-refractivity contribution in [1.29, 1.82) is 0 Å². The molecule has 1 aromatic rings. The van der Waals surface area contributed by atoms with Crippen LogP contribution in [0, 0.1) is 0 Å². The Kier molecular flexibility index (Phi) is 4.50. The molecule has 0 saturated carbocycles. The zero-order valence-corrected chi connectivity index (χ0v) is 11.0. The molecule has 0 aromatic heterocycles. The summed E-state index contributed by atoms with van der Waals surface area (Å²) in [6.45, 7) is 1.89. The lowest BCUT2D eigenvalue weighted by Crippen LogP contribution is -2.48. The molecule has 1 heterocycles. The molecule has 1 aromatic carbocycles. The third-order valence-electron chi connectivity index (χ3n) is 2.95. The number of benzene rings is 1. The van der Waals surface area contributed by atoms with Crippen LogP contribution in [0.15, 0.2) is 29.4 Å². The van der Waals surface area contributed by atoms with E-state index in [1.54, 1.807) is 6.92 Å². The van der Waals surface area contributed by atoms with E-state index in [9.17, 15) is 23.4 Å². The minimum absolute atomic E-state index is 0.0197. The number of rotatable bonds is 3. The van der Waals surface area contributed by atoms with Gasteiger partial charge in [0.1, 0.15) is 11.8 Å².